The van der Waals surface area contributed by atoms with Gasteiger partial charge in [-0.3, -0.25) is 9.69 Å². The van der Waals surface area contributed by atoms with Crippen LogP contribution in [0.4, 0.5) is 10.6 Å². The fourth-order valence-corrected chi connectivity index (χ4v) is 4.23. The first-order chi connectivity index (χ1) is 15.8. The highest BCUT2D eigenvalue weighted by atomic mass is 32.1. The number of aryl methyl sites for hydroxylation is 1. The van der Waals surface area contributed by atoms with Gasteiger partial charge in [0.2, 0.25) is 0 Å². The largest absolute Gasteiger partial charge is 0.415 e. The van der Waals surface area contributed by atoms with Crippen LogP contribution < -0.4 is 15.0 Å². The fraction of sp³-hybridized carbons (Fsp3) is 0.500. The maximum absolute atomic E-state index is 12.6. The Labute approximate surface area is 198 Å². The molecule has 2 aromatic heterocycles. The highest BCUT2D eigenvalue weighted by Crippen LogP contribution is 2.23. The van der Waals surface area contributed by atoms with Crippen LogP contribution in [-0.2, 0) is 18.3 Å². The molecule has 1 atom stereocenters. The van der Waals surface area contributed by atoms with Crippen molar-refractivity contribution < 1.29 is 14.3 Å². The molecule has 33 heavy (non-hydrogen) atoms. The lowest BCUT2D eigenvalue weighted by Gasteiger charge is -2.33. The van der Waals surface area contributed by atoms with Gasteiger partial charge < -0.3 is 19.5 Å². The Hall–Kier alpha value is -3.05. The van der Waals surface area contributed by atoms with Crippen LogP contribution in [0.3, 0.4) is 0 Å². The second kappa shape index (κ2) is 9.84. The number of hydrogen-bond acceptors (Lipinski definition) is 7. The van der Waals surface area contributed by atoms with Crippen LogP contribution in [-0.4, -0.2) is 80.2 Å². The second-order valence-corrected chi connectivity index (χ2v) is 9.06. The molecule has 1 N–H and O–H groups in total. The zero-order valence-corrected chi connectivity index (χ0v) is 19.9. The van der Waals surface area contributed by atoms with Crippen molar-refractivity contribution in [2.24, 2.45) is 13.0 Å². The molecular formula is C22H29N7O3S. The summed E-state index contributed by atoms with van der Waals surface area (Å²) < 4.78 is 7.44. The van der Waals surface area contributed by atoms with E-state index in [1.807, 2.05) is 31.7 Å². The summed E-state index contributed by atoms with van der Waals surface area (Å²) in [5.74, 6) is 0.707. The molecule has 11 heteroatoms. The van der Waals surface area contributed by atoms with E-state index in [2.05, 4.69) is 20.2 Å². The molecule has 2 saturated heterocycles. The molecule has 4 rings (SSSR count). The van der Waals surface area contributed by atoms with Crippen LogP contribution in [0.5, 0.6) is 5.75 Å². The smallest absolute Gasteiger partial charge is 0.409 e. The molecule has 176 valence electrons. The first-order valence-electron chi connectivity index (χ1n) is 11.1. The summed E-state index contributed by atoms with van der Waals surface area (Å²) in [4.78, 5) is 39.2. The number of carbonyl (C=O) groups excluding carboxylic acids is 2. The molecule has 0 aromatic carbocycles. The third-order valence-electron chi connectivity index (χ3n) is 5.86. The summed E-state index contributed by atoms with van der Waals surface area (Å²) in [6.45, 7) is 7.61. The van der Waals surface area contributed by atoms with Crippen LogP contribution in [0, 0.1) is 5.92 Å². The number of nitrogens with one attached hydrogen (secondary N) is 1. The Morgan fingerprint density at radius 3 is 2.58 bits per heavy atom. The van der Waals surface area contributed by atoms with Crippen LogP contribution in [0.15, 0.2) is 30.9 Å². The number of piperazine rings is 1. The van der Waals surface area contributed by atoms with E-state index >= 15 is 0 Å². The summed E-state index contributed by atoms with van der Waals surface area (Å²) in [6.07, 6.45) is 5.76. The maximum atomic E-state index is 12.6. The van der Waals surface area contributed by atoms with Crippen molar-refractivity contribution >= 4 is 35.1 Å². The Morgan fingerprint density at radius 2 is 2.00 bits per heavy atom. The minimum Gasteiger partial charge on any atom is -0.409 e. The Kier molecular flexibility index (Phi) is 6.89. The number of rotatable bonds is 6. The van der Waals surface area contributed by atoms with E-state index in [1.165, 1.54) is 11.1 Å². The van der Waals surface area contributed by atoms with Gasteiger partial charge in [0.1, 0.15) is 11.9 Å². The molecule has 0 bridgehead atoms. The van der Waals surface area contributed by atoms with E-state index in [0.29, 0.717) is 29.8 Å². The molecule has 2 aliphatic heterocycles. The van der Waals surface area contributed by atoms with Crippen LogP contribution in [0.1, 0.15) is 19.5 Å². The number of amides is 2. The number of hydrogen-bond donors (Lipinski definition) is 1. The quantitative estimate of drug-likeness (QED) is 0.632. The number of anilines is 1. The van der Waals surface area contributed by atoms with Gasteiger partial charge in [0.05, 0.1) is 18.2 Å². The second-order valence-electron chi connectivity index (χ2n) is 8.67. The lowest BCUT2D eigenvalue weighted by molar-refractivity contribution is -0.119. The van der Waals surface area contributed by atoms with Crippen molar-refractivity contribution in [3.63, 3.8) is 0 Å². The molecular weight excluding hydrogens is 442 g/mol. The molecule has 4 heterocycles. The standard InChI is InChI=1S/C22H29N7O3S/c1-15(2)19-20(30)29(21(33)25-19)18-5-4-17(12-23-18)32-22(31)28-10-8-27(9-11-28)7-6-16-13-26(3)14-24-16/h4-5,12-15,19H,6-11H2,1-3H3,(H,25,33). The zero-order valence-electron chi connectivity index (χ0n) is 19.1. The molecule has 2 amide bonds. The molecule has 0 radical (unpaired) electrons. The van der Waals surface area contributed by atoms with Gasteiger partial charge in [-0.05, 0) is 30.3 Å². The third kappa shape index (κ3) is 5.31. The van der Waals surface area contributed by atoms with Crippen molar-refractivity contribution in [2.75, 3.05) is 37.6 Å². The van der Waals surface area contributed by atoms with Gasteiger partial charge in [-0.2, -0.15) is 0 Å². The fourth-order valence-electron chi connectivity index (χ4n) is 3.92. The number of pyridine rings is 1. The third-order valence-corrected chi connectivity index (χ3v) is 6.16. The minimum absolute atomic E-state index is 0.108. The van der Waals surface area contributed by atoms with Crippen LogP contribution in [0.2, 0.25) is 0 Å². The van der Waals surface area contributed by atoms with Gasteiger partial charge in [0.25, 0.3) is 5.91 Å². The monoisotopic (exact) mass is 471 g/mol. The highest BCUT2D eigenvalue weighted by Gasteiger charge is 2.38. The van der Waals surface area contributed by atoms with Gasteiger partial charge in [0.15, 0.2) is 10.9 Å². The van der Waals surface area contributed by atoms with Crippen molar-refractivity contribution in [1.29, 1.82) is 0 Å². The lowest BCUT2D eigenvalue weighted by atomic mass is 10.1. The normalized spacial score (nSPS) is 19.3. The van der Waals surface area contributed by atoms with Crippen molar-refractivity contribution in [1.82, 2.24) is 29.7 Å². The van der Waals surface area contributed by atoms with Crippen LogP contribution in [0.25, 0.3) is 0 Å². The predicted octanol–water partition coefficient (Wildman–Crippen LogP) is 1.42. The summed E-state index contributed by atoms with van der Waals surface area (Å²) in [7, 11) is 1.96. The number of imidazole rings is 1. The molecule has 1 unspecified atom stereocenters. The number of carbonyl (C=O) groups is 2. The highest BCUT2D eigenvalue weighted by molar-refractivity contribution is 7.80. The van der Waals surface area contributed by atoms with Gasteiger partial charge >= 0.3 is 6.09 Å². The predicted molar refractivity (Wildman–Crippen MR) is 127 cm³/mol. The molecule has 10 nitrogen and oxygen atoms in total. The first-order valence-corrected chi connectivity index (χ1v) is 11.5. The van der Waals surface area contributed by atoms with Gasteiger partial charge in [-0.15, -0.1) is 0 Å². The van der Waals surface area contributed by atoms with E-state index in [1.54, 1.807) is 23.4 Å². The van der Waals surface area contributed by atoms with Gasteiger partial charge in [0, 0.05) is 52.4 Å². The van der Waals surface area contributed by atoms with Crippen molar-refractivity contribution in [3.8, 4) is 5.75 Å². The number of thiocarbonyl (C=S) groups is 1. The van der Waals surface area contributed by atoms with E-state index in [0.717, 1.165) is 31.7 Å². The van der Waals surface area contributed by atoms with Gasteiger partial charge in [-0.25, -0.2) is 19.7 Å². The average molecular weight is 472 g/mol. The molecule has 0 saturated carbocycles. The van der Waals surface area contributed by atoms with E-state index in [4.69, 9.17) is 17.0 Å². The SMILES string of the molecule is CC(C)C1NC(=S)N(c2ccc(OC(=O)N3CCN(CCc4cn(C)cn4)CC3)cn2)C1=O. The summed E-state index contributed by atoms with van der Waals surface area (Å²) in [5, 5.41) is 3.36. The van der Waals surface area contributed by atoms with Crippen LogP contribution >= 0.6 is 12.2 Å². The Bertz CT molecular complexity index is 1020. The van der Waals surface area contributed by atoms with Crippen molar-refractivity contribution in [3.05, 3.63) is 36.5 Å². The molecule has 0 aliphatic carbocycles. The number of nitrogens with zero attached hydrogens (tertiary/aromatic N) is 6. The van der Waals surface area contributed by atoms with E-state index in [9.17, 15) is 9.59 Å². The maximum Gasteiger partial charge on any atom is 0.415 e. The number of aromatic nitrogens is 3. The Balaban J connectivity index is 1.26. The van der Waals surface area contributed by atoms with Crippen molar-refractivity contribution in [2.45, 2.75) is 26.3 Å². The lowest BCUT2D eigenvalue weighted by Crippen LogP contribution is -2.49. The number of ether oxygens (including phenoxy) is 1. The summed E-state index contributed by atoms with van der Waals surface area (Å²) >= 11 is 5.29. The summed E-state index contributed by atoms with van der Waals surface area (Å²) in [5.41, 5.74) is 1.07. The van der Waals surface area contributed by atoms with E-state index < -0.39 is 6.09 Å². The Morgan fingerprint density at radius 1 is 1.24 bits per heavy atom. The zero-order chi connectivity index (χ0) is 23.5. The summed E-state index contributed by atoms with van der Waals surface area (Å²) in [6, 6.07) is 2.90. The average Bonchev–Trinajstić information content (AvgIpc) is 3.35. The minimum atomic E-state index is -0.400. The first kappa shape index (κ1) is 23.1. The molecule has 2 aliphatic rings. The van der Waals surface area contributed by atoms with E-state index in [-0.39, 0.29) is 17.9 Å². The molecule has 2 fully saturated rings. The molecule has 0 spiro atoms. The molecule has 2 aromatic rings. The topological polar surface area (TPSA) is 95.8 Å². The van der Waals surface area contributed by atoms with Gasteiger partial charge in [-0.1, -0.05) is 13.8 Å².